The fourth-order valence-electron chi connectivity index (χ4n) is 2.62. The van der Waals surface area contributed by atoms with E-state index >= 15 is 0 Å². The largest absolute Gasteiger partial charge is 0.454 e. The quantitative estimate of drug-likeness (QED) is 0.483. The van der Waals surface area contributed by atoms with E-state index in [1.807, 2.05) is 36.5 Å². The van der Waals surface area contributed by atoms with Crippen LogP contribution in [0.25, 0.3) is 33.2 Å². The van der Waals surface area contributed by atoms with Gasteiger partial charge in [0.2, 0.25) is 0 Å². The van der Waals surface area contributed by atoms with E-state index in [0.717, 1.165) is 33.2 Å². The van der Waals surface area contributed by atoms with Crippen molar-refractivity contribution in [1.82, 2.24) is 4.98 Å². The molecular weight excluding hydrogens is 246 g/mol. The van der Waals surface area contributed by atoms with Gasteiger partial charge in [0.1, 0.15) is 11.1 Å². The van der Waals surface area contributed by atoms with Gasteiger partial charge in [-0.2, -0.15) is 0 Å². The summed E-state index contributed by atoms with van der Waals surface area (Å²) in [7, 11) is 0. The summed E-state index contributed by atoms with van der Waals surface area (Å²) >= 11 is 0. The maximum Gasteiger partial charge on any atom is 0.161 e. The molecule has 0 unspecified atom stereocenters. The summed E-state index contributed by atoms with van der Waals surface area (Å²) in [6.07, 6.45) is 1.85. The van der Waals surface area contributed by atoms with Crippen molar-refractivity contribution in [1.29, 1.82) is 0 Å². The van der Waals surface area contributed by atoms with Crippen molar-refractivity contribution in [2.75, 3.05) is 0 Å². The fraction of sp³-hybridized carbons (Fsp3) is 0.0556. The van der Waals surface area contributed by atoms with Crippen molar-refractivity contribution in [2.24, 2.45) is 0 Å². The number of pyridine rings is 1. The SMILES string of the molecule is Cc1ccc2oc3c(-c4ccccc4)ccnc3c2c1. The lowest BCUT2D eigenvalue weighted by molar-refractivity contribution is 0.669. The number of nitrogens with zero attached hydrogens (tertiary/aromatic N) is 1. The molecule has 0 radical (unpaired) electrons. The van der Waals surface area contributed by atoms with Crippen molar-refractivity contribution in [3.05, 3.63) is 66.4 Å². The number of fused-ring (bicyclic) bond motifs is 3. The van der Waals surface area contributed by atoms with E-state index in [1.54, 1.807) is 0 Å². The topological polar surface area (TPSA) is 26.0 Å². The number of furan rings is 1. The molecule has 0 aliphatic heterocycles. The van der Waals surface area contributed by atoms with E-state index < -0.39 is 0 Å². The molecule has 4 rings (SSSR count). The summed E-state index contributed by atoms with van der Waals surface area (Å²) in [4.78, 5) is 4.50. The molecule has 2 aromatic heterocycles. The van der Waals surface area contributed by atoms with Crippen LogP contribution in [0.2, 0.25) is 0 Å². The summed E-state index contributed by atoms with van der Waals surface area (Å²) < 4.78 is 6.03. The summed E-state index contributed by atoms with van der Waals surface area (Å²) in [5.41, 5.74) is 6.14. The van der Waals surface area contributed by atoms with Crippen molar-refractivity contribution >= 4 is 22.1 Å². The van der Waals surface area contributed by atoms with Crippen molar-refractivity contribution in [3.8, 4) is 11.1 Å². The zero-order valence-electron chi connectivity index (χ0n) is 11.1. The molecule has 0 bridgehead atoms. The van der Waals surface area contributed by atoms with Gasteiger partial charge in [-0.1, -0.05) is 42.0 Å². The van der Waals surface area contributed by atoms with Crippen LogP contribution in [0.4, 0.5) is 0 Å². The Balaban J connectivity index is 2.11. The standard InChI is InChI=1S/C18H13NO/c1-12-7-8-16-15(11-12)17-18(20-16)14(9-10-19-17)13-5-3-2-4-6-13/h2-11H,1H3. The number of rotatable bonds is 1. The molecular formula is C18H13NO. The van der Waals surface area contributed by atoms with Gasteiger partial charge in [0.05, 0.1) is 0 Å². The average molecular weight is 259 g/mol. The first-order valence-electron chi connectivity index (χ1n) is 6.66. The number of aryl methyl sites for hydroxylation is 1. The summed E-state index contributed by atoms with van der Waals surface area (Å²) in [5, 5.41) is 1.08. The lowest BCUT2D eigenvalue weighted by Gasteiger charge is -2.01. The van der Waals surface area contributed by atoms with Crippen molar-refractivity contribution in [2.45, 2.75) is 6.92 Å². The van der Waals surface area contributed by atoms with E-state index in [9.17, 15) is 0 Å². The van der Waals surface area contributed by atoms with Gasteiger partial charge in [-0.05, 0) is 30.7 Å². The Bertz CT molecular complexity index is 907. The van der Waals surface area contributed by atoms with E-state index in [2.05, 4.69) is 36.2 Å². The Morgan fingerprint density at radius 3 is 2.65 bits per heavy atom. The third-order valence-corrected chi connectivity index (χ3v) is 3.59. The van der Waals surface area contributed by atoms with Gasteiger partial charge in [0.15, 0.2) is 5.58 Å². The lowest BCUT2D eigenvalue weighted by atomic mass is 10.1. The van der Waals surface area contributed by atoms with Crippen molar-refractivity contribution < 1.29 is 4.42 Å². The Hall–Kier alpha value is -2.61. The van der Waals surface area contributed by atoms with Crippen LogP contribution in [0, 0.1) is 6.92 Å². The molecule has 0 fully saturated rings. The third kappa shape index (κ3) is 1.62. The normalized spacial score (nSPS) is 11.2. The van der Waals surface area contributed by atoms with Gasteiger partial charge in [-0.25, -0.2) is 0 Å². The summed E-state index contributed by atoms with van der Waals surface area (Å²) in [6.45, 7) is 2.08. The molecule has 96 valence electrons. The van der Waals surface area contributed by atoms with Crippen LogP contribution in [0.1, 0.15) is 5.56 Å². The fourth-order valence-corrected chi connectivity index (χ4v) is 2.62. The Labute approximate surface area is 116 Å². The highest BCUT2D eigenvalue weighted by molar-refractivity contribution is 6.07. The molecule has 0 amide bonds. The maximum absolute atomic E-state index is 6.03. The molecule has 0 aliphatic carbocycles. The zero-order chi connectivity index (χ0) is 13.5. The minimum Gasteiger partial charge on any atom is -0.454 e. The first kappa shape index (κ1) is 11.2. The minimum absolute atomic E-state index is 0.860. The highest BCUT2D eigenvalue weighted by atomic mass is 16.3. The number of hydrogen-bond donors (Lipinski definition) is 0. The van der Waals surface area contributed by atoms with E-state index in [1.165, 1.54) is 5.56 Å². The average Bonchev–Trinajstić information content (AvgIpc) is 2.86. The van der Waals surface area contributed by atoms with Crippen LogP contribution in [0.15, 0.2) is 65.2 Å². The Morgan fingerprint density at radius 2 is 1.80 bits per heavy atom. The number of hydrogen-bond acceptors (Lipinski definition) is 2. The second-order valence-corrected chi connectivity index (χ2v) is 5.00. The van der Waals surface area contributed by atoms with E-state index in [4.69, 9.17) is 4.42 Å². The monoisotopic (exact) mass is 259 g/mol. The maximum atomic E-state index is 6.03. The Morgan fingerprint density at radius 1 is 0.950 bits per heavy atom. The predicted molar refractivity (Wildman–Crippen MR) is 81.7 cm³/mol. The zero-order valence-corrected chi connectivity index (χ0v) is 11.1. The number of benzene rings is 2. The van der Waals surface area contributed by atoms with Crippen LogP contribution in [-0.2, 0) is 0 Å². The van der Waals surface area contributed by atoms with Gasteiger partial charge in [-0.15, -0.1) is 0 Å². The smallest absolute Gasteiger partial charge is 0.161 e. The molecule has 4 aromatic rings. The molecule has 2 nitrogen and oxygen atoms in total. The second kappa shape index (κ2) is 4.20. The molecule has 0 spiro atoms. The van der Waals surface area contributed by atoms with E-state index in [-0.39, 0.29) is 0 Å². The predicted octanol–water partition coefficient (Wildman–Crippen LogP) is 4.96. The van der Waals surface area contributed by atoms with E-state index in [0.29, 0.717) is 0 Å². The highest BCUT2D eigenvalue weighted by Crippen LogP contribution is 2.34. The van der Waals surface area contributed by atoms with Crippen LogP contribution in [0.5, 0.6) is 0 Å². The Kier molecular flexibility index (Phi) is 2.36. The molecule has 0 saturated carbocycles. The lowest BCUT2D eigenvalue weighted by Crippen LogP contribution is -1.80. The first-order valence-corrected chi connectivity index (χ1v) is 6.66. The molecule has 0 N–H and O–H groups in total. The van der Waals surface area contributed by atoms with Gasteiger partial charge in [-0.3, -0.25) is 4.98 Å². The molecule has 2 heteroatoms. The van der Waals surface area contributed by atoms with Crippen LogP contribution >= 0.6 is 0 Å². The minimum atomic E-state index is 0.860. The number of aromatic nitrogens is 1. The highest BCUT2D eigenvalue weighted by Gasteiger charge is 2.12. The second-order valence-electron chi connectivity index (χ2n) is 5.00. The summed E-state index contributed by atoms with van der Waals surface area (Å²) in [6, 6.07) is 18.5. The molecule has 0 atom stereocenters. The third-order valence-electron chi connectivity index (χ3n) is 3.59. The molecule has 0 aliphatic rings. The van der Waals surface area contributed by atoms with Gasteiger partial charge in [0.25, 0.3) is 0 Å². The van der Waals surface area contributed by atoms with Gasteiger partial charge >= 0.3 is 0 Å². The van der Waals surface area contributed by atoms with Gasteiger partial charge < -0.3 is 4.42 Å². The molecule has 2 aromatic carbocycles. The molecule has 0 saturated heterocycles. The molecule has 2 heterocycles. The molecule has 20 heavy (non-hydrogen) atoms. The van der Waals surface area contributed by atoms with Crippen molar-refractivity contribution in [3.63, 3.8) is 0 Å². The van der Waals surface area contributed by atoms with Crippen LogP contribution < -0.4 is 0 Å². The van der Waals surface area contributed by atoms with Crippen LogP contribution in [0.3, 0.4) is 0 Å². The first-order chi connectivity index (χ1) is 9.83. The van der Waals surface area contributed by atoms with Gasteiger partial charge in [0, 0.05) is 17.1 Å². The summed E-state index contributed by atoms with van der Waals surface area (Å²) in [5.74, 6) is 0. The van der Waals surface area contributed by atoms with Crippen LogP contribution in [-0.4, -0.2) is 4.98 Å².